The quantitative estimate of drug-likeness (QED) is 0.798. The molecule has 0 unspecified atom stereocenters. The van der Waals surface area contributed by atoms with E-state index in [2.05, 4.69) is 10.3 Å². The Labute approximate surface area is 104 Å². The van der Waals surface area contributed by atoms with Crippen molar-refractivity contribution in [3.05, 3.63) is 53.6 Å². The van der Waals surface area contributed by atoms with E-state index in [0.717, 1.165) is 5.69 Å². The van der Waals surface area contributed by atoms with E-state index in [0.29, 0.717) is 11.3 Å². The lowest BCUT2D eigenvalue weighted by atomic mass is 10.2. The highest BCUT2D eigenvalue weighted by Crippen LogP contribution is 2.14. The van der Waals surface area contributed by atoms with E-state index in [9.17, 15) is 9.18 Å². The molecule has 0 fully saturated rings. The zero-order valence-corrected chi connectivity index (χ0v) is 9.77. The highest BCUT2D eigenvalue weighted by atomic mass is 19.1. The second-order valence-electron chi connectivity index (χ2n) is 3.88. The largest absolute Gasteiger partial charge is 0.396 e. The number of halogens is 1. The summed E-state index contributed by atoms with van der Waals surface area (Å²) in [6.45, 7) is 1.82. The van der Waals surface area contributed by atoms with Crippen LogP contribution in [0.3, 0.4) is 0 Å². The first kappa shape index (κ1) is 12.0. The van der Waals surface area contributed by atoms with Crippen LogP contribution in [0.2, 0.25) is 0 Å². The van der Waals surface area contributed by atoms with Crippen LogP contribution in [0.4, 0.5) is 15.8 Å². The van der Waals surface area contributed by atoms with Crippen LogP contribution < -0.4 is 11.1 Å². The first-order valence-electron chi connectivity index (χ1n) is 5.35. The fraction of sp³-hybridized carbons (Fsp3) is 0.0769. The van der Waals surface area contributed by atoms with E-state index in [-0.39, 0.29) is 11.6 Å². The molecule has 1 heterocycles. The van der Waals surface area contributed by atoms with Gasteiger partial charge in [-0.2, -0.15) is 0 Å². The maximum atomic E-state index is 13.0. The van der Waals surface area contributed by atoms with Gasteiger partial charge in [0.15, 0.2) is 0 Å². The number of nitrogens with one attached hydrogen (secondary N) is 1. The smallest absolute Gasteiger partial charge is 0.255 e. The molecule has 5 heteroatoms. The molecule has 0 aliphatic rings. The van der Waals surface area contributed by atoms with E-state index in [1.54, 1.807) is 18.3 Å². The zero-order chi connectivity index (χ0) is 13.1. The van der Waals surface area contributed by atoms with Crippen molar-refractivity contribution < 1.29 is 9.18 Å². The summed E-state index contributed by atoms with van der Waals surface area (Å²) >= 11 is 0. The number of benzene rings is 1. The molecule has 4 nitrogen and oxygen atoms in total. The van der Waals surface area contributed by atoms with Gasteiger partial charge in [0.2, 0.25) is 0 Å². The summed E-state index contributed by atoms with van der Waals surface area (Å²) in [4.78, 5) is 15.9. The molecular weight excluding hydrogens is 233 g/mol. The number of hydrogen-bond donors (Lipinski definition) is 2. The van der Waals surface area contributed by atoms with Crippen LogP contribution in [0, 0.1) is 12.7 Å². The Bertz CT molecular complexity index is 599. The number of nitrogen functional groups attached to an aromatic ring is 1. The van der Waals surface area contributed by atoms with E-state index in [4.69, 9.17) is 5.73 Å². The molecule has 92 valence electrons. The van der Waals surface area contributed by atoms with Gasteiger partial charge in [0.25, 0.3) is 5.91 Å². The molecule has 18 heavy (non-hydrogen) atoms. The fourth-order valence-corrected chi connectivity index (χ4v) is 1.51. The monoisotopic (exact) mass is 245 g/mol. The molecule has 0 bridgehead atoms. The van der Waals surface area contributed by atoms with Gasteiger partial charge in [-0.05, 0) is 37.3 Å². The number of aryl methyl sites for hydroxylation is 1. The zero-order valence-electron chi connectivity index (χ0n) is 9.77. The first-order chi connectivity index (χ1) is 8.56. The van der Waals surface area contributed by atoms with E-state index < -0.39 is 5.82 Å². The van der Waals surface area contributed by atoms with Gasteiger partial charge in [-0.25, -0.2) is 4.39 Å². The van der Waals surface area contributed by atoms with Crippen molar-refractivity contribution in [3.8, 4) is 0 Å². The van der Waals surface area contributed by atoms with Gasteiger partial charge in [-0.15, -0.1) is 0 Å². The standard InChI is InChI=1S/C13H12FN3O/c1-8-6-10(4-5-16-8)17-13(18)9-2-3-11(14)12(15)7-9/h2-7H,15H2,1H3,(H,16,17,18). The van der Waals surface area contributed by atoms with Crippen LogP contribution in [-0.2, 0) is 0 Å². The number of aromatic nitrogens is 1. The van der Waals surface area contributed by atoms with E-state index >= 15 is 0 Å². The summed E-state index contributed by atoms with van der Waals surface area (Å²) in [6.07, 6.45) is 1.60. The first-order valence-corrected chi connectivity index (χ1v) is 5.35. The van der Waals surface area contributed by atoms with Crippen LogP contribution in [0.1, 0.15) is 16.1 Å². The number of nitrogens with two attached hydrogens (primary N) is 1. The summed E-state index contributed by atoms with van der Waals surface area (Å²) in [5.41, 5.74) is 7.10. The van der Waals surface area contributed by atoms with Crippen molar-refractivity contribution >= 4 is 17.3 Å². The van der Waals surface area contributed by atoms with Crippen molar-refractivity contribution in [1.29, 1.82) is 0 Å². The van der Waals surface area contributed by atoms with Crippen LogP contribution in [0.25, 0.3) is 0 Å². The van der Waals surface area contributed by atoms with Crippen LogP contribution in [0.5, 0.6) is 0 Å². The molecule has 0 aliphatic heterocycles. The normalized spacial score (nSPS) is 10.1. The SMILES string of the molecule is Cc1cc(NC(=O)c2ccc(F)c(N)c2)ccn1. The fourth-order valence-electron chi connectivity index (χ4n) is 1.51. The van der Waals surface area contributed by atoms with E-state index in [1.165, 1.54) is 18.2 Å². The molecule has 3 N–H and O–H groups in total. The number of carbonyl (C=O) groups excluding carboxylic acids is 1. The molecule has 0 saturated heterocycles. The number of rotatable bonds is 2. The Morgan fingerprint density at radius 3 is 2.78 bits per heavy atom. The maximum absolute atomic E-state index is 13.0. The van der Waals surface area contributed by atoms with Gasteiger partial charge < -0.3 is 11.1 Å². The molecule has 0 radical (unpaired) electrons. The lowest BCUT2D eigenvalue weighted by Gasteiger charge is -2.06. The Kier molecular flexibility index (Phi) is 3.23. The van der Waals surface area contributed by atoms with Crippen LogP contribution in [-0.4, -0.2) is 10.9 Å². The van der Waals surface area contributed by atoms with Crippen molar-refractivity contribution in [1.82, 2.24) is 4.98 Å². The molecule has 1 amide bonds. The predicted molar refractivity (Wildman–Crippen MR) is 67.7 cm³/mol. The molecular formula is C13H12FN3O. The van der Waals surface area contributed by atoms with Gasteiger partial charge >= 0.3 is 0 Å². The van der Waals surface area contributed by atoms with Crippen molar-refractivity contribution in [3.63, 3.8) is 0 Å². The molecule has 1 aromatic heterocycles. The number of amides is 1. The molecule has 0 saturated carbocycles. The number of carbonyl (C=O) groups is 1. The van der Waals surface area contributed by atoms with Crippen LogP contribution in [0.15, 0.2) is 36.5 Å². The summed E-state index contributed by atoms with van der Waals surface area (Å²) in [5.74, 6) is -0.876. The van der Waals surface area contributed by atoms with Gasteiger partial charge in [0.1, 0.15) is 5.82 Å². The molecule has 2 rings (SSSR count). The number of nitrogens with zero attached hydrogens (tertiary/aromatic N) is 1. The maximum Gasteiger partial charge on any atom is 0.255 e. The minimum Gasteiger partial charge on any atom is -0.396 e. The van der Waals surface area contributed by atoms with Crippen molar-refractivity contribution in [2.45, 2.75) is 6.92 Å². The molecule has 1 aromatic carbocycles. The average Bonchev–Trinajstić information content (AvgIpc) is 2.32. The number of anilines is 2. The topological polar surface area (TPSA) is 68.0 Å². The Balaban J connectivity index is 2.19. The summed E-state index contributed by atoms with van der Waals surface area (Å²) in [7, 11) is 0. The van der Waals surface area contributed by atoms with Gasteiger partial charge in [0, 0.05) is 23.1 Å². The third-order valence-corrected chi connectivity index (χ3v) is 2.41. The Morgan fingerprint density at radius 2 is 2.11 bits per heavy atom. The Hall–Kier alpha value is -2.43. The lowest BCUT2D eigenvalue weighted by Crippen LogP contribution is -2.12. The minimum atomic E-state index is -0.536. The van der Waals surface area contributed by atoms with Crippen LogP contribution >= 0.6 is 0 Å². The third-order valence-electron chi connectivity index (χ3n) is 2.41. The van der Waals surface area contributed by atoms with Gasteiger partial charge in [0.05, 0.1) is 5.69 Å². The van der Waals surface area contributed by atoms with Gasteiger partial charge in [-0.3, -0.25) is 9.78 Å². The minimum absolute atomic E-state index is 0.0476. The predicted octanol–water partition coefficient (Wildman–Crippen LogP) is 2.36. The van der Waals surface area contributed by atoms with Crippen molar-refractivity contribution in [2.24, 2.45) is 0 Å². The summed E-state index contributed by atoms with van der Waals surface area (Å²) < 4.78 is 13.0. The number of hydrogen-bond acceptors (Lipinski definition) is 3. The Morgan fingerprint density at radius 1 is 1.33 bits per heavy atom. The van der Waals surface area contributed by atoms with Gasteiger partial charge in [-0.1, -0.05) is 0 Å². The highest BCUT2D eigenvalue weighted by Gasteiger charge is 2.08. The van der Waals surface area contributed by atoms with Crippen molar-refractivity contribution in [2.75, 3.05) is 11.1 Å². The number of pyridine rings is 1. The van der Waals surface area contributed by atoms with E-state index in [1.807, 2.05) is 6.92 Å². The second-order valence-corrected chi connectivity index (χ2v) is 3.88. The molecule has 0 atom stereocenters. The average molecular weight is 245 g/mol. The third kappa shape index (κ3) is 2.63. The summed E-state index contributed by atoms with van der Waals surface area (Å²) in [6, 6.07) is 7.28. The molecule has 0 aliphatic carbocycles. The molecule has 0 spiro atoms. The highest BCUT2D eigenvalue weighted by molar-refractivity contribution is 6.04. The second kappa shape index (κ2) is 4.83. The molecule has 2 aromatic rings. The lowest BCUT2D eigenvalue weighted by molar-refractivity contribution is 0.102. The summed E-state index contributed by atoms with van der Waals surface area (Å²) in [5, 5.41) is 2.69.